The second kappa shape index (κ2) is 9.28. The van der Waals surface area contributed by atoms with Crippen LogP contribution in [0.3, 0.4) is 0 Å². The van der Waals surface area contributed by atoms with Crippen LogP contribution in [0.25, 0.3) is 4.98 Å². The molecule has 0 N–H and O–H groups in total. The number of hydrogen-bond acceptors (Lipinski definition) is 4. The maximum Gasteiger partial charge on any atom is 1.00 e. The number of benzene rings is 1. The topological polar surface area (TPSA) is 80.5 Å². The van der Waals surface area contributed by atoms with Crippen LogP contribution in [0, 0.1) is 15.5 Å². The number of diazo groups is 1. The van der Waals surface area contributed by atoms with Crippen molar-refractivity contribution in [3.05, 3.63) is 33.3 Å². The van der Waals surface area contributed by atoms with Gasteiger partial charge in [0.1, 0.15) is 0 Å². The first-order valence-corrected chi connectivity index (χ1v) is 3.36. The SMILES string of the molecule is COc1cc([N+](=O)[O-])ccc1[N+]#N.[Cl-].[Cl-].[Zn+]. The number of non-ortho nitro benzene ring substituents is 1. The predicted octanol–water partition coefficient (Wildman–Crippen LogP) is -3.91. The van der Waals surface area contributed by atoms with E-state index in [9.17, 15) is 10.1 Å². The first kappa shape index (κ1) is 20.5. The summed E-state index contributed by atoms with van der Waals surface area (Å²) in [5, 5.41) is 18.8. The van der Waals surface area contributed by atoms with Gasteiger partial charge in [-0.25, -0.2) is 0 Å². The number of nitro groups is 1. The molecular formula is C7H6Cl2N3O3Zn. The van der Waals surface area contributed by atoms with Gasteiger partial charge < -0.3 is 29.6 Å². The standard InChI is InChI=1S/C7H6N3O3.2ClH.Zn/c1-13-7-4-5(10(11)12)2-3-6(7)9-8;;;/h2-4H,1H3;2*1H;/q+1;;;+1/p-2. The van der Waals surface area contributed by atoms with Crippen molar-refractivity contribution in [2.45, 2.75) is 0 Å². The molecule has 0 aliphatic heterocycles. The summed E-state index contributed by atoms with van der Waals surface area (Å²) in [6.07, 6.45) is 0. The van der Waals surface area contributed by atoms with Gasteiger partial charge in [-0.15, -0.1) is 0 Å². The van der Waals surface area contributed by atoms with E-state index in [4.69, 9.17) is 10.1 Å². The number of hydrogen-bond donors (Lipinski definition) is 0. The molecule has 0 saturated carbocycles. The minimum atomic E-state index is -0.552. The van der Waals surface area contributed by atoms with Crippen molar-refractivity contribution in [2.75, 3.05) is 7.11 Å². The van der Waals surface area contributed by atoms with Gasteiger partial charge in [-0.05, 0) is 0 Å². The smallest absolute Gasteiger partial charge is 1.00 e. The third-order valence-electron chi connectivity index (χ3n) is 1.48. The summed E-state index contributed by atoms with van der Waals surface area (Å²) in [7, 11) is 1.34. The van der Waals surface area contributed by atoms with Gasteiger partial charge >= 0.3 is 25.2 Å². The van der Waals surface area contributed by atoms with Gasteiger partial charge in [0.05, 0.1) is 18.1 Å². The second-order valence-electron chi connectivity index (χ2n) is 2.21. The van der Waals surface area contributed by atoms with Crippen LogP contribution in [0.2, 0.25) is 0 Å². The van der Waals surface area contributed by atoms with Gasteiger partial charge in [-0.3, -0.25) is 10.1 Å². The number of ether oxygens (including phenoxy) is 1. The molecule has 1 rings (SSSR count). The van der Waals surface area contributed by atoms with Crippen molar-refractivity contribution >= 4 is 11.4 Å². The fourth-order valence-electron chi connectivity index (χ4n) is 0.862. The Morgan fingerprint density at radius 3 is 2.38 bits per heavy atom. The molecule has 0 amide bonds. The minimum Gasteiger partial charge on any atom is -1.00 e. The summed E-state index contributed by atoms with van der Waals surface area (Å²) in [6.45, 7) is 0. The van der Waals surface area contributed by atoms with Crippen LogP contribution in [0.15, 0.2) is 18.2 Å². The molecule has 0 unspecified atom stereocenters. The molecule has 0 aliphatic rings. The molecular weight excluding hydrogens is 310 g/mol. The van der Waals surface area contributed by atoms with Crippen LogP contribution >= 0.6 is 0 Å². The van der Waals surface area contributed by atoms with E-state index in [1.54, 1.807) is 0 Å². The zero-order valence-corrected chi connectivity index (χ0v) is 12.7. The Bertz CT molecular complexity index is 397. The fraction of sp³-hybridized carbons (Fsp3) is 0.143. The average Bonchev–Trinajstić information content (AvgIpc) is 2.16. The summed E-state index contributed by atoms with van der Waals surface area (Å²) >= 11 is 0. The van der Waals surface area contributed by atoms with E-state index in [2.05, 4.69) is 4.98 Å². The summed E-state index contributed by atoms with van der Waals surface area (Å²) < 4.78 is 4.77. The number of halogens is 2. The van der Waals surface area contributed by atoms with Crippen LogP contribution in [-0.4, -0.2) is 12.0 Å². The zero-order chi connectivity index (χ0) is 9.84. The van der Waals surface area contributed by atoms with Gasteiger partial charge in [0.25, 0.3) is 5.69 Å². The first-order valence-electron chi connectivity index (χ1n) is 3.36. The Balaban J connectivity index is -0.000000563. The van der Waals surface area contributed by atoms with E-state index < -0.39 is 4.92 Å². The van der Waals surface area contributed by atoms with E-state index in [0.29, 0.717) is 0 Å². The normalized spacial score (nSPS) is 7.25. The van der Waals surface area contributed by atoms with Crippen molar-refractivity contribution in [1.29, 1.82) is 5.39 Å². The van der Waals surface area contributed by atoms with Crippen LogP contribution < -0.4 is 29.6 Å². The summed E-state index contributed by atoms with van der Waals surface area (Å²) in [5.74, 6) is 0.164. The number of nitrogens with zero attached hydrogens (tertiary/aromatic N) is 3. The van der Waals surface area contributed by atoms with E-state index >= 15 is 0 Å². The maximum atomic E-state index is 10.3. The van der Waals surface area contributed by atoms with Gasteiger partial charge in [-0.1, -0.05) is 0 Å². The third kappa shape index (κ3) is 4.71. The van der Waals surface area contributed by atoms with Crippen LogP contribution in [0.4, 0.5) is 11.4 Å². The van der Waals surface area contributed by atoms with Crippen molar-refractivity contribution in [3.63, 3.8) is 0 Å². The van der Waals surface area contributed by atoms with Gasteiger partial charge in [0, 0.05) is 12.1 Å². The summed E-state index contributed by atoms with van der Waals surface area (Å²) in [4.78, 5) is 12.7. The van der Waals surface area contributed by atoms with Crippen LogP contribution in [-0.2, 0) is 19.5 Å². The minimum absolute atomic E-state index is 0. The van der Waals surface area contributed by atoms with Crippen molar-refractivity contribution in [2.24, 2.45) is 0 Å². The average molecular weight is 316 g/mol. The first-order chi connectivity index (χ1) is 6.19. The Morgan fingerprint density at radius 2 is 2.00 bits per heavy atom. The molecule has 0 fully saturated rings. The molecule has 0 heterocycles. The molecule has 0 bridgehead atoms. The molecule has 1 radical (unpaired) electrons. The number of methoxy groups -OCH3 is 1. The van der Waals surface area contributed by atoms with E-state index in [0.717, 1.165) is 0 Å². The molecule has 1 aromatic carbocycles. The van der Waals surface area contributed by atoms with Crippen molar-refractivity contribution < 1.29 is 54.0 Å². The molecule has 9 heteroatoms. The molecule has 1 aromatic rings. The maximum absolute atomic E-state index is 10.3. The molecule has 0 saturated heterocycles. The second-order valence-corrected chi connectivity index (χ2v) is 2.21. The zero-order valence-electron chi connectivity index (χ0n) is 8.26. The fourth-order valence-corrected chi connectivity index (χ4v) is 0.862. The largest absolute Gasteiger partial charge is 1.00 e. The van der Waals surface area contributed by atoms with Gasteiger partial charge in [0.2, 0.25) is 11.1 Å². The van der Waals surface area contributed by atoms with E-state index in [1.807, 2.05) is 0 Å². The molecule has 0 aliphatic carbocycles. The number of nitro benzene ring substituents is 1. The summed E-state index contributed by atoms with van der Waals surface area (Å²) in [5.41, 5.74) is 0.0531. The quantitative estimate of drug-likeness (QED) is 0.242. The van der Waals surface area contributed by atoms with Crippen LogP contribution in [0.5, 0.6) is 5.75 Å². The Hall–Kier alpha value is -0.957. The Kier molecular flexibility index (Phi) is 11.9. The van der Waals surface area contributed by atoms with E-state index in [1.165, 1.54) is 25.3 Å². The van der Waals surface area contributed by atoms with E-state index in [-0.39, 0.29) is 61.4 Å². The van der Waals surface area contributed by atoms with Gasteiger partial charge in [-0.2, -0.15) is 0 Å². The molecule has 0 atom stereocenters. The molecule has 16 heavy (non-hydrogen) atoms. The molecule has 0 aromatic heterocycles. The Labute approximate surface area is 117 Å². The monoisotopic (exact) mass is 314 g/mol. The number of rotatable bonds is 2. The van der Waals surface area contributed by atoms with Crippen LogP contribution in [0.1, 0.15) is 0 Å². The van der Waals surface area contributed by atoms with Gasteiger partial charge in [0.15, 0.2) is 4.98 Å². The van der Waals surface area contributed by atoms with Crippen molar-refractivity contribution in [1.82, 2.24) is 0 Å². The molecule has 6 nitrogen and oxygen atoms in total. The predicted molar refractivity (Wildman–Crippen MR) is 44.4 cm³/mol. The molecule has 0 spiro atoms. The van der Waals surface area contributed by atoms with Crippen molar-refractivity contribution in [3.8, 4) is 5.75 Å². The summed E-state index contributed by atoms with van der Waals surface area (Å²) in [6, 6.07) is 3.73. The Morgan fingerprint density at radius 1 is 1.44 bits per heavy atom. The third-order valence-corrected chi connectivity index (χ3v) is 1.48. The molecule has 83 valence electrons.